The van der Waals surface area contributed by atoms with E-state index in [-0.39, 0.29) is 12.0 Å². The minimum atomic E-state index is -0.228. The third kappa shape index (κ3) is 1.57. The van der Waals surface area contributed by atoms with Gasteiger partial charge >= 0.3 is 0 Å². The number of aliphatic hydroxyl groups is 1. The number of aliphatic hydroxyl groups excluding tert-OH is 1. The summed E-state index contributed by atoms with van der Waals surface area (Å²) in [5.74, 6) is 1.60. The Morgan fingerprint density at radius 2 is 1.94 bits per heavy atom. The maximum absolute atomic E-state index is 9.19. The van der Waals surface area contributed by atoms with Crippen molar-refractivity contribution in [2.75, 3.05) is 0 Å². The smallest absolute Gasteiger partial charge is 0.240 e. The molecule has 0 unspecified atom stereocenters. The first-order valence-corrected chi connectivity index (χ1v) is 5.12. The molecule has 0 spiro atoms. The standard InChI is InChI=1S/C10H10N4O2/c15-7-4-6(5-7)10-13-9(14-16-10)8-11-2-1-3-12-8/h1-3,6-7,15H,4-5H2. The molecule has 0 radical (unpaired) electrons. The lowest BCUT2D eigenvalue weighted by molar-refractivity contribution is 0.0625. The first-order valence-electron chi connectivity index (χ1n) is 5.12. The fraction of sp³-hybridized carbons (Fsp3) is 0.400. The minimum Gasteiger partial charge on any atom is -0.393 e. The summed E-state index contributed by atoms with van der Waals surface area (Å²) in [6, 6.07) is 1.73. The van der Waals surface area contributed by atoms with Gasteiger partial charge < -0.3 is 9.63 Å². The monoisotopic (exact) mass is 218 g/mol. The fourth-order valence-electron chi connectivity index (χ4n) is 1.70. The Kier molecular flexibility index (Phi) is 2.14. The molecule has 1 fully saturated rings. The highest BCUT2D eigenvalue weighted by molar-refractivity contribution is 5.40. The molecule has 1 aliphatic carbocycles. The van der Waals surface area contributed by atoms with Gasteiger partial charge in [0, 0.05) is 18.3 Å². The summed E-state index contributed by atoms with van der Waals surface area (Å²) in [6.07, 6.45) is 4.42. The Bertz CT molecular complexity index is 479. The van der Waals surface area contributed by atoms with Crippen LogP contribution in [0, 0.1) is 0 Å². The normalized spacial score (nSPS) is 24.1. The predicted octanol–water partition coefficient (Wildman–Crippen LogP) is 0.765. The van der Waals surface area contributed by atoms with Crippen LogP contribution in [0.1, 0.15) is 24.7 Å². The first-order chi connectivity index (χ1) is 7.83. The van der Waals surface area contributed by atoms with Crippen molar-refractivity contribution in [1.29, 1.82) is 0 Å². The molecule has 0 bridgehead atoms. The highest BCUT2D eigenvalue weighted by Gasteiger charge is 2.33. The molecular formula is C10H10N4O2. The van der Waals surface area contributed by atoms with Crippen LogP contribution in [-0.2, 0) is 0 Å². The van der Waals surface area contributed by atoms with Crippen molar-refractivity contribution < 1.29 is 9.63 Å². The number of hydrogen-bond donors (Lipinski definition) is 1. The van der Waals surface area contributed by atoms with Gasteiger partial charge in [0.05, 0.1) is 6.10 Å². The van der Waals surface area contributed by atoms with Gasteiger partial charge in [-0.25, -0.2) is 9.97 Å². The minimum absolute atomic E-state index is 0.181. The highest BCUT2D eigenvalue weighted by atomic mass is 16.5. The lowest BCUT2D eigenvalue weighted by Crippen LogP contribution is -2.26. The molecule has 6 nitrogen and oxygen atoms in total. The molecule has 0 aromatic carbocycles. The molecule has 2 aromatic heterocycles. The van der Waals surface area contributed by atoms with Gasteiger partial charge in [-0.2, -0.15) is 4.98 Å². The number of rotatable bonds is 2. The summed E-state index contributed by atoms with van der Waals surface area (Å²) in [7, 11) is 0. The van der Waals surface area contributed by atoms with Crippen molar-refractivity contribution in [1.82, 2.24) is 20.1 Å². The molecule has 82 valence electrons. The van der Waals surface area contributed by atoms with Gasteiger partial charge in [0.15, 0.2) is 0 Å². The zero-order valence-corrected chi connectivity index (χ0v) is 8.45. The van der Waals surface area contributed by atoms with Gasteiger partial charge in [-0.1, -0.05) is 5.16 Å². The van der Waals surface area contributed by atoms with E-state index in [0.717, 1.165) is 0 Å². The van der Waals surface area contributed by atoms with Gasteiger partial charge in [0.2, 0.25) is 17.5 Å². The van der Waals surface area contributed by atoms with Crippen molar-refractivity contribution in [2.24, 2.45) is 0 Å². The average molecular weight is 218 g/mol. The molecule has 0 amide bonds. The van der Waals surface area contributed by atoms with Gasteiger partial charge in [-0.15, -0.1) is 0 Å². The summed E-state index contributed by atoms with van der Waals surface area (Å²) >= 11 is 0. The molecular weight excluding hydrogens is 208 g/mol. The molecule has 16 heavy (non-hydrogen) atoms. The van der Waals surface area contributed by atoms with Gasteiger partial charge in [0.25, 0.3) is 0 Å². The fourth-order valence-corrected chi connectivity index (χ4v) is 1.70. The second-order valence-corrected chi connectivity index (χ2v) is 3.85. The second kappa shape index (κ2) is 3.64. The van der Waals surface area contributed by atoms with E-state index in [1.165, 1.54) is 0 Å². The van der Waals surface area contributed by atoms with Crippen LogP contribution in [0.5, 0.6) is 0 Å². The van der Waals surface area contributed by atoms with Crippen LogP contribution in [0.3, 0.4) is 0 Å². The number of nitrogens with zero attached hydrogens (tertiary/aromatic N) is 4. The zero-order valence-electron chi connectivity index (χ0n) is 8.45. The first kappa shape index (κ1) is 9.41. The van der Waals surface area contributed by atoms with Gasteiger partial charge in [-0.05, 0) is 18.9 Å². The molecule has 1 aliphatic rings. The molecule has 3 rings (SSSR count). The summed E-state index contributed by atoms with van der Waals surface area (Å²) in [5, 5.41) is 13.0. The van der Waals surface area contributed by atoms with Crippen molar-refractivity contribution in [3.63, 3.8) is 0 Å². The molecule has 2 aromatic rings. The molecule has 0 atom stereocenters. The molecule has 0 aliphatic heterocycles. The van der Waals surface area contributed by atoms with E-state index >= 15 is 0 Å². The Labute approximate surface area is 91.4 Å². The van der Waals surface area contributed by atoms with Gasteiger partial charge in [0.1, 0.15) is 0 Å². The molecule has 2 heterocycles. The average Bonchev–Trinajstić information content (AvgIpc) is 2.75. The van der Waals surface area contributed by atoms with Crippen molar-refractivity contribution in [3.05, 3.63) is 24.4 Å². The zero-order chi connectivity index (χ0) is 11.0. The molecule has 0 saturated heterocycles. The Morgan fingerprint density at radius 3 is 2.62 bits per heavy atom. The second-order valence-electron chi connectivity index (χ2n) is 3.85. The Balaban J connectivity index is 1.83. The highest BCUT2D eigenvalue weighted by Crippen LogP contribution is 2.36. The molecule has 6 heteroatoms. The Hall–Kier alpha value is -1.82. The topological polar surface area (TPSA) is 84.9 Å². The van der Waals surface area contributed by atoms with Crippen LogP contribution in [-0.4, -0.2) is 31.3 Å². The van der Waals surface area contributed by atoms with E-state index in [1.807, 2.05) is 0 Å². The summed E-state index contributed by atoms with van der Waals surface area (Å²) in [6.45, 7) is 0. The number of aromatic nitrogens is 4. The van der Waals surface area contributed by atoms with Crippen LogP contribution >= 0.6 is 0 Å². The third-order valence-electron chi connectivity index (χ3n) is 2.67. The SMILES string of the molecule is OC1CC(c2nc(-c3ncccn3)no2)C1. The maximum atomic E-state index is 9.19. The van der Waals surface area contributed by atoms with E-state index in [4.69, 9.17) is 4.52 Å². The number of hydrogen-bond acceptors (Lipinski definition) is 6. The third-order valence-corrected chi connectivity index (χ3v) is 2.67. The van der Waals surface area contributed by atoms with Crippen molar-refractivity contribution in [3.8, 4) is 11.6 Å². The Morgan fingerprint density at radius 1 is 1.19 bits per heavy atom. The predicted molar refractivity (Wildman–Crippen MR) is 53.3 cm³/mol. The van der Waals surface area contributed by atoms with Crippen molar-refractivity contribution in [2.45, 2.75) is 24.9 Å². The van der Waals surface area contributed by atoms with Crippen LogP contribution in [0.15, 0.2) is 23.0 Å². The van der Waals surface area contributed by atoms with Crippen LogP contribution in [0.25, 0.3) is 11.6 Å². The van der Waals surface area contributed by atoms with Crippen LogP contribution in [0.4, 0.5) is 0 Å². The molecule has 1 saturated carbocycles. The van der Waals surface area contributed by atoms with Crippen LogP contribution in [0.2, 0.25) is 0 Å². The van der Waals surface area contributed by atoms with Crippen LogP contribution < -0.4 is 0 Å². The van der Waals surface area contributed by atoms with E-state index < -0.39 is 0 Å². The van der Waals surface area contributed by atoms with E-state index in [0.29, 0.717) is 30.4 Å². The van der Waals surface area contributed by atoms with Gasteiger partial charge in [-0.3, -0.25) is 0 Å². The summed E-state index contributed by atoms with van der Waals surface area (Å²) in [5.41, 5.74) is 0. The summed E-state index contributed by atoms with van der Waals surface area (Å²) < 4.78 is 5.12. The van der Waals surface area contributed by atoms with E-state index in [9.17, 15) is 5.11 Å². The summed E-state index contributed by atoms with van der Waals surface area (Å²) in [4.78, 5) is 12.3. The lowest BCUT2D eigenvalue weighted by atomic mass is 9.82. The van der Waals surface area contributed by atoms with E-state index in [2.05, 4.69) is 20.1 Å². The van der Waals surface area contributed by atoms with Crippen molar-refractivity contribution >= 4 is 0 Å². The molecule has 1 N–H and O–H groups in total. The van der Waals surface area contributed by atoms with E-state index in [1.54, 1.807) is 18.5 Å². The quantitative estimate of drug-likeness (QED) is 0.801. The lowest BCUT2D eigenvalue weighted by Gasteiger charge is -2.27. The maximum Gasteiger partial charge on any atom is 0.240 e. The largest absolute Gasteiger partial charge is 0.393 e.